The van der Waals surface area contributed by atoms with E-state index in [4.69, 9.17) is 4.42 Å². The number of para-hydroxylation sites is 4. The Kier molecular flexibility index (Phi) is 9.20. The van der Waals surface area contributed by atoms with Gasteiger partial charge in [0.1, 0.15) is 11.2 Å². The number of anilines is 3. The Labute approximate surface area is 372 Å². The van der Waals surface area contributed by atoms with Crippen molar-refractivity contribution in [2.75, 3.05) is 4.90 Å². The fraction of sp³-hybridized carbons (Fsp3) is 0. The maximum absolute atomic E-state index is 6.63. The minimum Gasteiger partial charge on any atom is -0.455 e. The molecular weight excluding hydrogens is 775 g/mol. The van der Waals surface area contributed by atoms with Gasteiger partial charge in [-0.2, -0.15) is 0 Å². The number of benzene rings is 11. The molecule has 0 aliphatic carbocycles. The summed E-state index contributed by atoms with van der Waals surface area (Å²) in [5.41, 5.74) is 16.5. The van der Waals surface area contributed by atoms with Crippen molar-refractivity contribution in [2.24, 2.45) is 0 Å². The molecule has 0 unspecified atom stereocenters. The highest BCUT2D eigenvalue weighted by Gasteiger charge is 2.24. The normalized spacial score (nSPS) is 11.4. The molecule has 300 valence electrons. The smallest absolute Gasteiger partial charge is 0.143 e. The molecule has 2 nitrogen and oxygen atoms in total. The largest absolute Gasteiger partial charge is 0.455 e. The second-order valence-corrected chi connectivity index (χ2v) is 16.4. The minimum atomic E-state index is 0.889. The van der Waals surface area contributed by atoms with E-state index < -0.39 is 0 Å². The van der Waals surface area contributed by atoms with Gasteiger partial charge in [-0.1, -0.05) is 218 Å². The molecule has 0 saturated heterocycles. The third-order valence-electron chi connectivity index (χ3n) is 12.7. The first kappa shape index (κ1) is 37.3. The van der Waals surface area contributed by atoms with Crippen molar-refractivity contribution in [3.05, 3.63) is 249 Å². The highest BCUT2D eigenvalue weighted by Crippen LogP contribution is 2.49. The van der Waals surface area contributed by atoms with Crippen LogP contribution in [0.25, 0.3) is 99.1 Å². The molecule has 1 aromatic heterocycles. The molecule has 0 fully saturated rings. The Balaban J connectivity index is 1.13. The van der Waals surface area contributed by atoms with E-state index in [0.717, 1.165) is 61.3 Å². The van der Waals surface area contributed by atoms with Gasteiger partial charge in [-0.15, -0.1) is 0 Å². The van der Waals surface area contributed by atoms with Gasteiger partial charge >= 0.3 is 0 Å². The highest BCUT2D eigenvalue weighted by atomic mass is 16.3. The molecule has 11 aromatic carbocycles. The molecule has 12 rings (SSSR count). The van der Waals surface area contributed by atoms with Crippen LogP contribution in [0.15, 0.2) is 253 Å². The summed E-state index contributed by atoms with van der Waals surface area (Å²) in [6, 6.07) is 89.8. The predicted octanol–water partition coefficient (Wildman–Crippen LogP) is 17.7. The lowest BCUT2D eigenvalue weighted by molar-refractivity contribution is 0.670. The van der Waals surface area contributed by atoms with Gasteiger partial charge in [-0.05, 0) is 90.8 Å². The van der Waals surface area contributed by atoms with Crippen LogP contribution in [-0.4, -0.2) is 0 Å². The maximum Gasteiger partial charge on any atom is 0.143 e. The summed E-state index contributed by atoms with van der Waals surface area (Å²) in [7, 11) is 0. The van der Waals surface area contributed by atoms with Crippen molar-refractivity contribution < 1.29 is 4.42 Å². The van der Waals surface area contributed by atoms with Crippen molar-refractivity contribution in [1.82, 2.24) is 0 Å². The Morgan fingerprint density at radius 3 is 1.30 bits per heavy atom. The van der Waals surface area contributed by atoms with Crippen LogP contribution < -0.4 is 4.90 Å². The standard InChI is InChI=1S/C62H41NO/c1-3-19-42(20-4-1)48-32-14-23-44-25-16-35-54(60(44)48)51-29-7-10-38-57(51)63(47-28-13-27-46(41-47)50-34-18-37-56-53-31-9-12-40-59(53)64-62(50)56)58-39-11-8-30-52(58)55-36-17-26-45-24-15-33-49(61(45)55)43-21-5-2-6-22-43/h1-41H. The fourth-order valence-electron chi connectivity index (χ4n) is 9.84. The van der Waals surface area contributed by atoms with E-state index in [1.165, 1.54) is 54.9 Å². The number of furan rings is 1. The average molecular weight is 816 g/mol. The lowest BCUT2D eigenvalue weighted by atomic mass is 9.89. The van der Waals surface area contributed by atoms with Crippen LogP contribution in [-0.2, 0) is 0 Å². The number of hydrogen-bond acceptors (Lipinski definition) is 2. The molecule has 12 aromatic rings. The summed E-state index contributed by atoms with van der Waals surface area (Å²) in [6.45, 7) is 0. The molecule has 0 amide bonds. The molecule has 1 heterocycles. The number of rotatable bonds is 8. The number of fused-ring (bicyclic) bond motifs is 5. The van der Waals surface area contributed by atoms with Gasteiger partial charge in [-0.25, -0.2) is 0 Å². The van der Waals surface area contributed by atoms with Crippen molar-refractivity contribution in [2.45, 2.75) is 0 Å². The summed E-state index contributed by atoms with van der Waals surface area (Å²) in [5, 5.41) is 7.08. The fourth-order valence-corrected chi connectivity index (χ4v) is 9.84. The van der Waals surface area contributed by atoms with E-state index in [0.29, 0.717) is 0 Å². The second-order valence-electron chi connectivity index (χ2n) is 16.4. The third-order valence-corrected chi connectivity index (χ3v) is 12.7. The molecule has 0 bridgehead atoms. The van der Waals surface area contributed by atoms with Gasteiger partial charge in [0.2, 0.25) is 0 Å². The SMILES string of the molecule is c1ccc(-c2cccc3cccc(-c4ccccc4N(c4cccc(-c5cccc6c5oc5ccccc56)c4)c4ccccc4-c4cccc5cccc(-c6ccccc6)c45)c23)cc1. The summed E-state index contributed by atoms with van der Waals surface area (Å²) >= 11 is 0. The molecule has 0 atom stereocenters. The first-order valence-electron chi connectivity index (χ1n) is 21.9. The van der Waals surface area contributed by atoms with E-state index in [1.807, 2.05) is 6.07 Å². The summed E-state index contributed by atoms with van der Waals surface area (Å²) in [6.07, 6.45) is 0. The number of nitrogens with zero attached hydrogens (tertiary/aromatic N) is 1. The molecule has 2 heteroatoms. The van der Waals surface area contributed by atoms with E-state index in [1.54, 1.807) is 0 Å². The van der Waals surface area contributed by atoms with Gasteiger partial charge in [0.05, 0.1) is 11.4 Å². The van der Waals surface area contributed by atoms with Crippen LogP contribution in [0.1, 0.15) is 0 Å². The Hall–Kier alpha value is -8.46. The van der Waals surface area contributed by atoms with Gasteiger partial charge < -0.3 is 9.32 Å². The van der Waals surface area contributed by atoms with Crippen LogP contribution in [0.5, 0.6) is 0 Å². The van der Waals surface area contributed by atoms with E-state index in [-0.39, 0.29) is 0 Å². The minimum absolute atomic E-state index is 0.889. The predicted molar refractivity (Wildman–Crippen MR) is 271 cm³/mol. The molecular formula is C62H41NO. The first-order chi connectivity index (χ1) is 31.8. The van der Waals surface area contributed by atoms with Crippen molar-refractivity contribution in [1.29, 1.82) is 0 Å². The summed E-state index contributed by atoms with van der Waals surface area (Å²) in [4.78, 5) is 2.47. The van der Waals surface area contributed by atoms with Crippen LogP contribution in [0.4, 0.5) is 17.1 Å². The van der Waals surface area contributed by atoms with Crippen molar-refractivity contribution in [3.63, 3.8) is 0 Å². The van der Waals surface area contributed by atoms with Crippen molar-refractivity contribution in [3.8, 4) is 55.6 Å². The number of hydrogen-bond donors (Lipinski definition) is 0. The zero-order valence-electron chi connectivity index (χ0n) is 35.0. The quantitative estimate of drug-likeness (QED) is 0.152. The van der Waals surface area contributed by atoms with Gasteiger partial charge in [-0.3, -0.25) is 0 Å². The average Bonchev–Trinajstić information content (AvgIpc) is 3.76. The lowest BCUT2D eigenvalue weighted by Crippen LogP contribution is -2.12. The van der Waals surface area contributed by atoms with Crippen LogP contribution >= 0.6 is 0 Å². The van der Waals surface area contributed by atoms with Crippen molar-refractivity contribution >= 4 is 60.5 Å². The zero-order valence-corrected chi connectivity index (χ0v) is 35.0. The van der Waals surface area contributed by atoms with Crippen LogP contribution in [0, 0.1) is 0 Å². The molecule has 0 spiro atoms. The monoisotopic (exact) mass is 815 g/mol. The Morgan fingerprint density at radius 1 is 0.281 bits per heavy atom. The molecule has 0 saturated carbocycles. The van der Waals surface area contributed by atoms with Crippen LogP contribution in [0.3, 0.4) is 0 Å². The van der Waals surface area contributed by atoms with Gasteiger partial charge in [0.25, 0.3) is 0 Å². The summed E-state index contributed by atoms with van der Waals surface area (Å²) < 4.78 is 6.63. The Morgan fingerprint density at radius 2 is 0.703 bits per heavy atom. The second kappa shape index (κ2) is 15.8. The highest BCUT2D eigenvalue weighted by molar-refractivity contribution is 6.12. The topological polar surface area (TPSA) is 16.4 Å². The first-order valence-corrected chi connectivity index (χ1v) is 21.9. The van der Waals surface area contributed by atoms with E-state index >= 15 is 0 Å². The maximum atomic E-state index is 6.63. The molecule has 0 aliphatic rings. The third kappa shape index (κ3) is 6.35. The lowest BCUT2D eigenvalue weighted by Gasteiger charge is -2.31. The Bertz CT molecular complexity index is 3500. The molecule has 0 aliphatic heterocycles. The molecule has 0 radical (unpaired) electrons. The molecule has 0 N–H and O–H groups in total. The van der Waals surface area contributed by atoms with Gasteiger partial charge in [0, 0.05) is 33.2 Å². The van der Waals surface area contributed by atoms with E-state index in [2.05, 4.69) is 248 Å². The summed E-state index contributed by atoms with van der Waals surface area (Å²) in [5.74, 6) is 0. The van der Waals surface area contributed by atoms with Gasteiger partial charge in [0.15, 0.2) is 0 Å². The molecule has 64 heavy (non-hydrogen) atoms. The van der Waals surface area contributed by atoms with E-state index in [9.17, 15) is 0 Å². The zero-order chi connectivity index (χ0) is 42.4. The van der Waals surface area contributed by atoms with Crippen LogP contribution in [0.2, 0.25) is 0 Å².